The Morgan fingerprint density at radius 2 is 1.88 bits per heavy atom. The van der Waals surface area contributed by atoms with Gasteiger partial charge in [-0.3, -0.25) is 0 Å². The Labute approximate surface area is 102 Å². The van der Waals surface area contributed by atoms with Gasteiger partial charge in [0.05, 0.1) is 0 Å². The van der Waals surface area contributed by atoms with Gasteiger partial charge in [-0.2, -0.15) is 0 Å². The number of hydrogen-bond acceptors (Lipinski definition) is 5. The molecule has 0 aliphatic carbocycles. The van der Waals surface area contributed by atoms with Crippen LogP contribution in [0.15, 0.2) is 46.3 Å². The van der Waals surface area contributed by atoms with Gasteiger partial charge in [-0.1, -0.05) is 29.5 Å². The fraction of sp³-hybridized carbons (Fsp3) is 0.0909. The van der Waals surface area contributed by atoms with Gasteiger partial charge in [0.1, 0.15) is 5.03 Å². The molecule has 2 aromatic heterocycles. The summed E-state index contributed by atoms with van der Waals surface area (Å²) in [7, 11) is 0. The summed E-state index contributed by atoms with van der Waals surface area (Å²) in [6.45, 7) is 2.07. The molecule has 0 spiro atoms. The molecule has 0 saturated heterocycles. The largest absolute Gasteiger partial charge is 0.200 e. The average Bonchev–Trinajstić information content (AvgIpc) is 2.79. The van der Waals surface area contributed by atoms with E-state index in [1.807, 2.05) is 12.1 Å². The molecule has 5 nitrogen and oxygen atoms in total. The van der Waals surface area contributed by atoms with Crippen LogP contribution in [0.25, 0.3) is 5.65 Å². The highest BCUT2D eigenvalue weighted by Crippen LogP contribution is 2.25. The van der Waals surface area contributed by atoms with E-state index in [2.05, 4.69) is 51.8 Å². The van der Waals surface area contributed by atoms with Crippen LogP contribution >= 0.6 is 11.8 Å². The molecule has 6 heteroatoms. The Balaban J connectivity index is 1.91. The Kier molecular flexibility index (Phi) is 2.49. The molecule has 0 atom stereocenters. The van der Waals surface area contributed by atoms with Crippen molar-refractivity contribution < 1.29 is 0 Å². The summed E-state index contributed by atoms with van der Waals surface area (Å²) in [6, 6.07) is 12.1. The molecular formula is C11H9N5S. The Morgan fingerprint density at radius 3 is 2.71 bits per heavy atom. The minimum absolute atomic E-state index is 0.651. The van der Waals surface area contributed by atoms with E-state index in [0.717, 1.165) is 9.92 Å². The minimum Gasteiger partial charge on any atom is -0.140 e. The predicted molar refractivity (Wildman–Crippen MR) is 63.9 cm³/mol. The second kappa shape index (κ2) is 4.14. The summed E-state index contributed by atoms with van der Waals surface area (Å²) in [5, 5.41) is 16.3. The van der Waals surface area contributed by atoms with Crippen LogP contribution in [0.2, 0.25) is 0 Å². The summed E-state index contributed by atoms with van der Waals surface area (Å²) in [6.07, 6.45) is 0. The molecule has 0 amide bonds. The molecule has 0 fully saturated rings. The molecule has 0 aliphatic heterocycles. The van der Waals surface area contributed by atoms with Crippen molar-refractivity contribution in [2.24, 2.45) is 0 Å². The third-order valence-electron chi connectivity index (χ3n) is 2.29. The van der Waals surface area contributed by atoms with Crippen molar-refractivity contribution in [3.63, 3.8) is 0 Å². The van der Waals surface area contributed by atoms with E-state index in [0.29, 0.717) is 5.65 Å². The lowest BCUT2D eigenvalue weighted by molar-refractivity contribution is 0.702. The van der Waals surface area contributed by atoms with Crippen LogP contribution in [0.5, 0.6) is 0 Å². The van der Waals surface area contributed by atoms with Gasteiger partial charge in [-0.15, -0.1) is 14.8 Å². The molecule has 0 unspecified atom stereocenters. The van der Waals surface area contributed by atoms with Crippen molar-refractivity contribution in [3.05, 3.63) is 42.0 Å². The minimum atomic E-state index is 0.651. The van der Waals surface area contributed by atoms with E-state index in [1.54, 1.807) is 11.8 Å². The number of aryl methyl sites for hydroxylation is 1. The van der Waals surface area contributed by atoms with E-state index in [1.165, 1.54) is 10.2 Å². The SMILES string of the molecule is Cc1ccc(Sc2ccc3nnnn3n2)cc1. The number of hydrogen-bond donors (Lipinski definition) is 0. The second-order valence-electron chi connectivity index (χ2n) is 3.61. The highest BCUT2D eigenvalue weighted by atomic mass is 32.2. The van der Waals surface area contributed by atoms with E-state index in [9.17, 15) is 0 Å². The van der Waals surface area contributed by atoms with Gasteiger partial charge in [0, 0.05) is 4.90 Å². The number of rotatable bonds is 2. The molecule has 0 saturated carbocycles. The Bertz CT molecular complexity index is 646. The lowest BCUT2D eigenvalue weighted by Crippen LogP contribution is -1.94. The monoisotopic (exact) mass is 243 g/mol. The van der Waals surface area contributed by atoms with E-state index in [-0.39, 0.29) is 0 Å². The highest BCUT2D eigenvalue weighted by molar-refractivity contribution is 7.99. The molecule has 17 heavy (non-hydrogen) atoms. The van der Waals surface area contributed by atoms with E-state index in [4.69, 9.17) is 0 Å². The van der Waals surface area contributed by atoms with Gasteiger partial charge < -0.3 is 0 Å². The number of tetrazole rings is 1. The molecule has 3 rings (SSSR count). The van der Waals surface area contributed by atoms with Crippen LogP contribution in [0, 0.1) is 6.92 Å². The number of nitrogens with zero attached hydrogens (tertiary/aromatic N) is 5. The lowest BCUT2D eigenvalue weighted by atomic mass is 10.2. The van der Waals surface area contributed by atoms with Crippen molar-refractivity contribution in [1.82, 2.24) is 25.3 Å². The summed E-state index contributed by atoms with van der Waals surface area (Å²) in [5.74, 6) is 0. The fourth-order valence-corrected chi connectivity index (χ4v) is 2.18. The number of aromatic nitrogens is 5. The van der Waals surface area contributed by atoms with Crippen LogP contribution in [-0.2, 0) is 0 Å². The zero-order chi connectivity index (χ0) is 11.7. The number of benzene rings is 1. The molecule has 0 radical (unpaired) electrons. The molecule has 3 aromatic rings. The van der Waals surface area contributed by atoms with Crippen LogP contribution in [0.1, 0.15) is 5.56 Å². The molecule has 0 aliphatic rings. The molecule has 1 aromatic carbocycles. The quantitative estimate of drug-likeness (QED) is 0.688. The van der Waals surface area contributed by atoms with Gasteiger partial charge in [0.2, 0.25) is 0 Å². The summed E-state index contributed by atoms with van der Waals surface area (Å²) >= 11 is 1.59. The van der Waals surface area contributed by atoms with Crippen molar-refractivity contribution in [3.8, 4) is 0 Å². The average molecular weight is 243 g/mol. The third kappa shape index (κ3) is 2.12. The lowest BCUT2D eigenvalue weighted by Gasteiger charge is -2.00. The maximum absolute atomic E-state index is 4.30. The predicted octanol–water partition coefficient (Wildman–Crippen LogP) is 1.98. The second-order valence-corrected chi connectivity index (χ2v) is 4.71. The van der Waals surface area contributed by atoms with Gasteiger partial charge in [-0.25, -0.2) is 0 Å². The molecule has 2 heterocycles. The van der Waals surface area contributed by atoms with Crippen molar-refractivity contribution in [2.45, 2.75) is 16.8 Å². The highest BCUT2D eigenvalue weighted by Gasteiger charge is 2.02. The maximum Gasteiger partial charge on any atom is 0.200 e. The summed E-state index contributed by atoms with van der Waals surface area (Å²) in [5.41, 5.74) is 1.90. The topological polar surface area (TPSA) is 56.0 Å². The van der Waals surface area contributed by atoms with Crippen LogP contribution in [-0.4, -0.2) is 25.3 Å². The first kappa shape index (κ1) is 10.2. The van der Waals surface area contributed by atoms with Gasteiger partial charge in [0.25, 0.3) is 0 Å². The first-order valence-corrected chi connectivity index (χ1v) is 5.93. The molecule has 0 N–H and O–H groups in total. The standard InChI is InChI=1S/C11H9N5S/c1-8-2-4-9(5-3-8)17-11-7-6-10-12-14-15-16(10)13-11/h2-7H,1H3. The number of fused-ring (bicyclic) bond motifs is 1. The smallest absolute Gasteiger partial charge is 0.140 e. The molecular weight excluding hydrogens is 234 g/mol. The van der Waals surface area contributed by atoms with Crippen molar-refractivity contribution >= 4 is 17.4 Å². The maximum atomic E-state index is 4.30. The van der Waals surface area contributed by atoms with E-state index < -0.39 is 0 Å². The van der Waals surface area contributed by atoms with Crippen LogP contribution < -0.4 is 0 Å². The van der Waals surface area contributed by atoms with Crippen molar-refractivity contribution in [1.29, 1.82) is 0 Å². The Morgan fingerprint density at radius 1 is 1.06 bits per heavy atom. The fourth-order valence-electron chi connectivity index (χ4n) is 1.41. The first-order valence-electron chi connectivity index (χ1n) is 5.11. The zero-order valence-electron chi connectivity index (χ0n) is 9.11. The summed E-state index contributed by atoms with van der Waals surface area (Å²) in [4.78, 5) is 1.15. The third-order valence-corrected chi connectivity index (χ3v) is 3.22. The van der Waals surface area contributed by atoms with E-state index >= 15 is 0 Å². The van der Waals surface area contributed by atoms with Crippen LogP contribution in [0.4, 0.5) is 0 Å². The van der Waals surface area contributed by atoms with Crippen LogP contribution in [0.3, 0.4) is 0 Å². The normalized spacial score (nSPS) is 10.9. The van der Waals surface area contributed by atoms with Gasteiger partial charge in [-0.05, 0) is 41.6 Å². The molecule has 0 bridgehead atoms. The summed E-state index contributed by atoms with van der Waals surface area (Å²) < 4.78 is 1.43. The zero-order valence-corrected chi connectivity index (χ0v) is 9.92. The van der Waals surface area contributed by atoms with Crippen molar-refractivity contribution in [2.75, 3.05) is 0 Å². The van der Waals surface area contributed by atoms with Gasteiger partial charge in [0.15, 0.2) is 5.65 Å². The van der Waals surface area contributed by atoms with Gasteiger partial charge >= 0.3 is 0 Å². The first-order chi connectivity index (χ1) is 8.31. The molecule has 84 valence electrons. The Hall–Kier alpha value is -1.95.